The minimum atomic E-state index is 0.203. The lowest BCUT2D eigenvalue weighted by molar-refractivity contribution is 0.354. The Morgan fingerprint density at radius 2 is 2.12 bits per heavy atom. The van der Waals surface area contributed by atoms with E-state index in [4.69, 9.17) is 0 Å². The summed E-state index contributed by atoms with van der Waals surface area (Å²) in [6.07, 6.45) is 4.50. The lowest BCUT2D eigenvalue weighted by Crippen LogP contribution is -2.20. The zero-order chi connectivity index (χ0) is 13.4. The van der Waals surface area contributed by atoms with Crippen LogP contribution in [0.4, 0.5) is 0 Å². The Bertz CT molecular complexity index is 354. The number of rotatable bonds is 6. The third-order valence-electron chi connectivity index (χ3n) is 4.48. The van der Waals surface area contributed by atoms with Gasteiger partial charge in [0.2, 0.25) is 0 Å². The number of allylic oxidation sites excluding steroid dienone is 3. The monoisotopic (exact) mass is 456 g/mol. The van der Waals surface area contributed by atoms with Crippen LogP contribution in [0.2, 0.25) is 0 Å². The second-order valence-electron chi connectivity index (χ2n) is 5.43. The van der Waals surface area contributed by atoms with E-state index in [-0.39, 0.29) is 8.84 Å². The fraction of sp³-hybridized carbons (Fsp3) is 0.600. The molecule has 0 aromatic rings. The van der Waals surface area contributed by atoms with E-state index in [0.29, 0.717) is 11.8 Å². The van der Waals surface area contributed by atoms with Gasteiger partial charge in [-0.05, 0) is 57.8 Å². The predicted octanol–water partition coefficient (Wildman–Crippen LogP) is 5.92. The molecule has 1 aliphatic rings. The summed E-state index contributed by atoms with van der Waals surface area (Å²) in [5, 5.41) is 0. The molecule has 0 radical (unpaired) electrons. The molecule has 4 atom stereocenters. The van der Waals surface area contributed by atoms with Gasteiger partial charge in [-0.25, -0.2) is 0 Å². The van der Waals surface area contributed by atoms with Crippen LogP contribution in [0.25, 0.3) is 0 Å². The minimum Gasteiger partial charge on any atom is -0.102 e. The zero-order valence-corrected chi connectivity index (χ0v) is 15.3. The third kappa shape index (κ3) is 2.82. The topological polar surface area (TPSA) is 0 Å². The molecule has 1 rings (SSSR count). The van der Waals surface area contributed by atoms with Crippen LogP contribution in [0, 0.1) is 17.3 Å². The van der Waals surface area contributed by atoms with Crippen molar-refractivity contribution in [2.24, 2.45) is 17.3 Å². The molecule has 0 spiro atoms. The van der Waals surface area contributed by atoms with Gasteiger partial charge in [-0.2, -0.15) is 0 Å². The Morgan fingerprint density at radius 3 is 2.41 bits per heavy atom. The molecule has 2 heteroatoms. The van der Waals surface area contributed by atoms with Gasteiger partial charge in [0.1, 0.15) is 0 Å². The normalized spacial score (nSPS) is 32.8. The van der Waals surface area contributed by atoms with Crippen LogP contribution >= 0.6 is 45.2 Å². The van der Waals surface area contributed by atoms with E-state index < -0.39 is 0 Å². The quantitative estimate of drug-likeness (QED) is 0.265. The predicted molar refractivity (Wildman–Crippen MR) is 94.9 cm³/mol. The Hall–Kier alpha value is 0.680. The molecule has 0 nitrogen and oxygen atoms in total. The number of halogens is 2. The van der Waals surface area contributed by atoms with Gasteiger partial charge in [-0.1, -0.05) is 61.2 Å². The summed E-state index contributed by atoms with van der Waals surface area (Å²) in [6, 6.07) is 0. The maximum Gasteiger partial charge on any atom is 0.0494 e. The molecule has 3 unspecified atom stereocenters. The molecular formula is C15H22I2. The first-order chi connectivity index (χ1) is 7.70. The second-order valence-corrected chi connectivity index (χ2v) is 9.11. The number of hydrogen-bond donors (Lipinski definition) is 0. The van der Waals surface area contributed by atoms with Crippen molar-refractivity contribution in [2.45, 2.75) is 37.0 Å². The summed E-state index contributed by atoms with van der Waals surface area (Å²) < 4.78 is 1.44. The van der Waals surface area contributed by atoms with Crippen LogP contribution < -0.4 is 0 Å². The van der Waals surface area contributed by atoms with Gasteiger partial charge in [-0.3, -0.25) is 0 Å². The minimum absolute atomic E-state index is 0.203. The van der Waals surface area contributed by atoms with Crippen molar-refractivity contribution in [3.8, 4) is 0 Å². The summed E-state index contributed by atoms with van der Waals surface area (Å²) in [5.41, 5.74) is 1.57. The summed E-state index contributed by atoms with van der Waals surface area (Å²) in [4.78, 5) is 0. The summed E-state index contributed by atoms with van der Waals surface area (Å²) in [7, 11) is 0. The van der Waals surface area contributed by atoms with Gasteiger partial charge < -0.3 is 0 Å². The van der Waals surface area contributed by atoms with Gasteiger partial charge in [0.05, 0.1) is 0 Å². The molecular weight excluding hydrogens is 434 g/mol. The lowest BCUT2D eigenvalue weighted by Gasteiger charge is -2.27. The largest absolute Gasteiger partial charge is 0.102 e. The zero-order valence-electron chi connectivity index (χ0n) is 11.0. The van der Waals surface area contributed by atoms with Crippen molar-refractivity contribution in [1.29, 1.82) is 0 Å². The molecule has 0 aromatic carbocycles. The summed E-state index contributed by atoms with van der Waals surface area (Å²) in [6.45, 7) is 19.1. The van der Waals surface area contributed by atoms with Crippen LogP contribution in [0.3, 0.4) is 0 Å². The van der Waals surface area contributed by atoms with E-state index in [1.54, 1.807) is 0 Å². The van der Waals surface area contributed by atoms with E-state index in [1.165, 1.54) is 22.0 Å². The Labute approximate surface area is 133 Å². The number of alkyl halides is 1. The maximum atomic E-state index is 4.18. The first-order valence-electron chi connectivity index (χ1n) is 6.06. The van der Waals surface area contributed by atoms with Crippen molar-refractivity contribution < 1.29 is 0 Å². The van der Waals surface area contributed by atoms with Crippen molar-refractivity contribution in [2.75, 3.05) is 0 Å². The molecule has 96 valence electrons. The standard InChI is InChI=1S/C15H22I2/c1-7-15(11(3)12(15)4)10(2)8-9-14(6,17)13(5)16/h7,10,12H,1,3,5,8-9H2,2,4,6H3/t10?,12-,14?,15?/m1/s1. The van der Waals surface area contributed by atoms with Crippen molar-refractivity contribution in [1.82, 2.24) is 0 Å². The van der Waals surface area contributed by atoms with E-state index in [1.807, 2.05) is 0 Å². The van der Waals surface area contributed by atoms with E-state index in [0.717, 1.165) is 0 Å². The Morgan fingerprint density at radius 1 is 1.65 bits per heavy atom. The highest BCUT2D eigenvalue weighted by atomic mass is 127. The average Bonchev–Trinajstić information content (AvgIpc) is 2.79. The molecule has 1 fully saturated rings. The third-order valence-corrected chi connectivity index (χ3v) is 7.89. The van der Waals surface area contributed by atoms with Crippen molar-refractivity contribution >= 4 is 45.2 Å². The Balaban J connectivity index is 2.63. The molecule has 0 aromatic heterocycles. The van der Waals surface area contributed by atoms with Gasteiger partial charge in [0.15, 0.2) is 0 Å². The highest BCUT2D eigenvalue weighted by molar-refractivity contribution is 14.1. The molecule has 17 heavy (non-hydrogen) atoms. The van der Waals surface area contributed by atoms with Crippen LogP contribution in [0.5, 0.6) is 0 Å². The maximum absolute atomic E-state index is 4.18. The van der Waals surface area contributed by atoms with E-state index in [2.05, 4.69) is 91.8 Å². The van der Waals surface area contributed by atoms with Gasteiger partial charge in [0.25, 0.3) is 0 Å². The molecule has 0 amide bonds. The number of hydrogen-bond acceptors (Lipinski definition) is 0. The van der Waals surface area contributed by atoms with Crippen LogP contribution in [0.15, 0.2) is 35.0 Å². The first kappa shape index (κ1) is 15.7. The summed E-state index contributed by atoms with van der Waals surface area (Å²) >= 11 is 4.86. The van der Waals surface area contributed by atoms with Crippen LogP contribution in [0.1, 0.15) is 33.6 Å². The smallest absolute Gasteiger partial charge is 0.0494 e. The second kappa shape index (κ2) is 5.35. The highest BCUT2D eigenvalue weighted by Gasteiger charge is 2.56. The fourth-order valence-electron chi connectivity index (χ4n) is 2.72. The van der Waals surface area contributed by atoms with E-state index in [9.17, 15) is 0 Å². The van der Waals surface area contributed by atoms with Gasteiger partial charge in [-0.15, -0.1) is 6.58 Å². The molecule has 0 saturated heterocycles. The average molecular weight is 456 g/mol. The van der Waals surface area contributed by atoms with E-state index >= 15 is 0 Å². The van der Waals surface area contributed by atoms with Crippen molar-refractivity contribution in [3.63, 3.8) is 0 Å². The first-order valence-corrected chi connectivity index (χ1v) is 8.22. The molecule has 1 saturated carbocycles. The fourth-order valence-corrected chi connectivity index (χ4v) is 3.30. The molecule has 0 bridgehead atoms. The van der Waals surface area contributed by atoms with Crippen LogP contribution in [-0.4, -0.2) is 3.42 Å². The Kier molecular flexibility index (Phi) is 4.95. The molecule has 0 heterocycles. The lowest BCUT2D eigenvalue weighted by atomic mass is 9.83. The highest BCUT2D eigenvalue weighted by Crippen LogP contribution is 2.64. The SMILES string of the molecule is C=CC1(C(C)CCC(C)(I)C(=C)I)C(=C)[C@H]1C. The van der Waals surface area contributed by atoms with Crippen LogP contribution in [-0.2, 0) is 0 Å². The summed E-state index contributed by atoms with van der Waals surface area (Å²) in [5.74, 6) is 1.24. The molecule has 0 aliphatic heterocycles. The molecule has 0 N–H and O–H groups in total. The molecule has 1 aliphatic carbocycles. The van der Waals surface area contributed by atoms with Gasteiger partial charge in [0, 0.05) is 8.84 Å². The van der Waals surface area contributed by atoms with Gasteiger partial charge >= 0.3 is 0 Å². The van der Waals surface area contributed by atoms with Crippen molar-refractivity contribution in [3.05, 3.63) is 35.0 Å².